The van der Waals surface area contributed by atoms with Gasteiger partial charge in [0.2, 0.25) is 5.91 Å². The third-order valence-corrected chi connectivity index (χ3v) is 5.91. The first-order valence-electron chi connectivity index (χ1n) is 11.3. The number of hydrogen-bond donors (Lipinski definition) is 1. The second-order valence-corrected chi connectivity index (χ2v) is 8.10. The van der Waals surface area contributed by atoms with Crippen molar-refractivity contribution in [3.05, 3.63) is 60.2 Å². The molecule has 0 aliphatic carbocycles. The highest BCUT2D eigenvalue weighted by Gasteiger charge is 2.17. The fraction of sp³-hybridized carbons (Fsp3) is 0.346. The Hall–Kier alpha value is -3.41. The first-order chi connectivity index (χ1) is 15.7. The van der Waals surface area contributed by atoms with Crippen LogP contribution in [0.3, 0.4) is 0 Å². The van der Waals surface area contributed by atoms with Crippen molar-refractivity contribution in [2.45, 2.75) is 32.1 Å². The van der Waals surface area contributed by atoms with Crippen LogP contribution in [0.4, 0.5) is 0 Å². The van der Waals surface area contributed by atoms with Crippen LogP contribution in [-0.4, -0.2) is 48.4 Å². The summed E-state index contributed by atoms with van der Waals surface area (Å²) >= 11 is 0. The number of carbonyl (C=O) groups excluding carboxylic acids is 2. The number of likely N-dealkylation sites (tertiary alicyclic amines) is 1. The molecule has 3 aromatic rings. The van der Waals surface area contributed by atoms with E-state index in [1.54, 1.807) is 7.11 Å². The maximum atomic E-state index is 13.1. The number of nitrogens with zero attached hydrogens (tertiary/aromatic N) is 2. The third-order valence-electron chi connectivity index (χ3n) is 5.91. The Bertz CT molecular complexity index is 1100. The SMILES string of the molecule is COc1ccc(-c2cc(C(=O)NCCCN3CCCCCC3=O)c3ccccc3n2)cc1. The highest BCUT2D eigenvalue weighted by molar-refractivity contribution is 6.07. The highest BCUT2D eigenvalue weighted by Crippen LogP contribution is 2.26. The molecule has 1 aromatic heterocycles. The summed E-state index contributed by atoms with van der Waals surface area (Å²) in [7, 11) is 1.63. The number of aromatic nitrogens is 1. The summed E-state index contributed by atoms with van der Waals surface area (Å²) in [5, 5.41) is 3.86. The van der Waals surface area contributed by atoms with Gasteiger partial charge >= 0.3 is 0 Å². The number of pyridine rings is 1. The lowest BCUT2D eigenvalue weighted by Crippen LogP contribution is -2.34. The zero-order valence-corrected chi connectivity index (χ0v) is 18.5. The number of para-hydroxylation sites is 1. The third kappa shape index (κ3) is 5.07. The Kier molecular flexibility index (Phi) is 7.00. The molecule has 1 N–H and O–H groups in total. The summed E-state index contributed by atoms with van der Waals surface area (Å²) in [6, 6.07) is 17.2. The lowest BCUT2D eigenvalue weighted by molar-refractivity contribution is -0.130. The Morgan fingerprint density at radius 3 is 2.72 bits per heavy atom. The standard InChI is InChI=1S/C26H29N3O3/c1-32-20-13-11-19(12-14-20)24-18-22(21-8-4-5-9-23(21)28-24)26(31)27-15-7-17-29-16-6-2-3-10-25(29)30/h4-5,8-9,11-14,18H,2-3,6-7,10,15-17H2,1H3,(H,27,31). The fourth-order valence-corrected chi connectivity index (χ4v) is 4.11. The van der Waals surface area contributed by atoms with E-state index in [1.165, 1.54) is 0 Å². The van der Waals surface area contributed by atoms with Crippen molar-refractivity contribution in [2.24, 2.45) is 0 Å². The van der Waals surface area contributed by atoms with Gasteiger partial charge in [0.25, 0.3) is 5.91 Å². The van der Waals surface area contributed by atoms with Gasteiger partial charge in [-0.05, 0) is 55.7 Å². The molecule has 0 radical (unpaired) electrons. The Morgan fingerprint density at radius 1 is 1.09 bits per heavy atom. The van der Waals surface area contributed by atoms with Crippen LogP contribution in [0.15, 0.2) is 54.6 Å². The molecule has 2 heterocycles. The topological polar surface area (TPSA) is 71.5 Å². The number of benzene rings is 2. The maximum Gasteiger partial charge on any atom is 0.252 e. The smallest absolute Gasteiger partial charge is 0.252 e. The van der Waals surface area contributed by atoms with E-state index in [2.05, 4.69) is 5.32 Å². The first-order valence-corrected chi connectivity index (χ1v) is 11.3. The molecule has 1 saturated heterocycles. The molecule has 0 spiro atoms. The van der Waals surface area contributed by atoms with Crippen molar-refractivity contribution in [3.63, 3.8) is 0 Å². The number of nitrogens with one attached hydrogen (secondary N) is 1. The van der Waals surface area contributed by atoms with E-state index in [0.717, 1.165) is 60.1 Å². The zero-order chi connectivity index (χ0) is 22.3. The van der Waals surface area contributed by atoms with Gasteiger partial charge in [-0.2, -0.15) is 0 Å². The molecular weight excluding hydrogens is 402 g/mol. The van der Waals surface area contributed by atoms with Gasteiger partial charge in [0, 0.05) is 37.0 Å². The molecule has 0 atom stereocenters. The molecule has 32 heavy (non-hydrogen) atoms. The van der Waals surface area contributed by atoms with Crippen LogP contribution in [0.5, 0.6) is 5.75 Å². The average Bonchev–Trinajstić information content (AvgIpc) is 3.04. The van der Waals surface area contributed by atoms with Crippen LogP contribution in [0.1, 0.15) is 42.5 Å². The fourth-order valence-electron chi connectivity index (χ4n) is 4.11. The maximum absolute atomic E-state index is 13.1. The van der Waals surface area contributed by atoms with Crippen molar-refractivity contribution in [2.75, 3.05) is 26.7 Å². The van der Waals surface area contributed by atoms with Gasteiger partial charge in [0.05, 0.1) is 23.9 Å². The Balaban J connectivity index is 1.48. The Morgan fingerprint density at radius 2 is 1.91 bits per heavy atom. The molecule has 1 fully saturated rings. The summed E-state index contributed by atoms with van der Waals surface area (Å²) in [5.41, 5.74) is 3.05. The molecule has 2 aromatic carbocycles. The van der Waals surface area contributed by atoms with Crippen molar-refractivity contribution < 1.29 is 14.3 Å². The number of ether oxygens (including phenoxy) is 1. The van der Waals surface area contributed by atoms with E-state index in [4.69, 9.17) is 9.72 Å². The van der Waals surface area contributed by atoms with Crippen molar-refractivity contribution in [1.82, 2.24) is 15.2 Å². The van der Waals surface area contributed by atoms with Gasteiger partial charge in [-0.1, -0.05) is 24.6 Å². The minimum atomic E-state index is -0.124. The molecule has 166 valence electrons. The van der Waals surface area contributed by atoms with Crippen molar-refractivity contribution in [3.8, 4) is 17.0 Å². The Labute approximate surface area is 188 Å². The van der Waals surface area contributed by atoms with Crippen molar-refractivity contribution >= 4 is 22.7 Å². The molecule has 0 saturated carbocycles. The normalized spacial score (nSPS) is 14.3. The van der Waals surface area contributed by atoms with E-state index >= 15 is 0 Å². The van der Waals surface area contributed by atoms with Crippen molar-refractivity contribution in [1.29, 1.82) is 0 Å². The van der Waals surface area contributed by atoms with E-state index < -0.39 is 0 Å². The van der Waals surface area contributed by atoms with E-state index in [0.29, 0.717) is 25.1 Å². The quantitative estimate of drug-likeness (QED) is 0.562. The number of hydrogen-bond acceptors (Lipinski definition) is 4. The van der Waals surface area contributed by atoms with Gasteiger partial charge in [-0.15, -0.1) is 0 Å². The van der Waals surface area contributed by atoms with Gasteiger partial charge in [-0.25, -0.2) is 4.98 Å². The largest absolute Gasteiger partial charge is 0.497 e. The monoisotopic (exact) mass is 431 g/mol. The molecule has 0 unspecified atom stereocenters. The average molecular weight is 432 g/mol. The lowest BCUT2D eigenvalue weighted by Gasteiger charge is -2.20. The van der Waals surface area contributed by atoms with Gasteiger partial charge in [0.15, 0.2) is 0 Å². The summed E-state index contributed by atoms with van der Waals surface area (Å²) in [5.74, 6) is 0.883. The van der Waals surface area contributed by atoms with Gasteiger partial charge < -0.3 is 15.0 Å². The molecule has 4 rings (SSSR count). The number of amides is 2. The van der Waals surface area contributed by atoms with E-state index in [-0.39, 0.29) is 11.8 Å². The lowest BCUT2D eigenvalue weighted by atomic mass is 10.0. The van der Waals surface area contributed by atoms with Gasteiger partial charge in [0.1, 0.15) is 5.75 Å². The highest BCUT2D eigenvalue weighted by atomic mass is 16.5. The second kappa shape index (κ2) is 10.3. The van der Waals surface area contributed by atoms with Gasteiger partial charge in [-0.3, -0.25) is 9.59 Å². The predicted octanol–water partition coefficient (Wildman–Crippen LogP) is 4.43. The summed E-state index contributed by atoms with van der Waals surface area (Å²) in [6.07, 6.45) is 4.55. The van der Waals surface area contributed by atoms with Crippen LogP contribution in [0, 0.1) is 0 Å². The van der Waals surface area contributed by atoms with E-state index in [1.807, 2.05) is 59.5 Å². The predicted molar refractivity (Wildman–Crippen MR) is 126 cm³/mol. The van der Waals surface area contributed by atoms with Crippen LogP contribution >= 0.6 is 0 Å². The number of fused-ring (bicyclic) bond motifs is 1. The second-order valence-electron chi connectivity index (χ2n) is 8.10. The van der Waals surface area contributed by atoms with Crippen LogP contribution in [0.25, 0.3) is 22.2 Å². The molecule has 1 aliphatic heterocycles. The van der Waals surface area contributed by atoms with E-state index in [9.17, 15) is 9.59 Å². The summed E-state index contributed by atoms with van der Waals surface area (Å²) in [4.78, 5) is 31.9. The van der Waals surface area contributed by atoms with Crippen LogP contribution in [0.2, 0.25) is 0 Å². The van der Waals surface area contributed by atoms with Crippen LogP contribution in [-0.2, 0) is 4.79 Å². The summed E-state index contributed by atoms with van der Waals surface area (Å²) in [6.45, 7) is 2.04. The molecular formula is C26H29N3O3. The molecule has 6 heteroatoms. The number of carbonyl (C=O) groups is 2. The zero-order valence-electron chi connectivity index (χ0n) is 18.5. The minimum Gasteiger partial charge on any atom is -0.497 e. The van der Waals surface area contributed by atoms with Crippen LogP contribution < -0.4 is 10.1 Å². The molecule has 6 nitrogen and oxygen atoms in total. The molecule has 0 bridgehead atoms. The minimum absolute atomic E-state index is 0.124. The number of rotatable bonds is 7. The first kappa shape index (κ1) is 21.8. The molecule has 2 amide bonds. The number of methoxy groups -OCH3 is 1. The molecule has 1 aliphatic rings. The summed E-state index contributed by atoms with van der Waals surface area (Å²) < 4.78 is 5.24.